The lowest BCUT2D eigenvalue weighted by molar-refractivity contribution is 0.0644. The number of ether oxygens (including phenoxy) is 1. The molecule has 4 rings (SSSR count). The van der Waals surface area contributed by atoms with Gasteiger partial charge in [0.25, 0.3) is 5.91 Å². The van der Waals surface area contributed by atoms with Crippen molar-refractivity contribution in [1.82, 2.24) is 19.9 Å². The van der Waals surface area contributed by atoms with Crippen molar-refractivity contribution in [3.8, 4) is 16.9 Å². The first-order valence-corrected chi connectivity index (χ1v) is 8.44. The van der Waals surface area contributed by atoms with E-state index in [2.05, 4.69) is 21.0 Å². The molecule has 0 saturated carbocycles. The molecule has 0 bridgehead atoms. The van der Waals surface area contributed by atoms with Gasteiger partial charge in [-0.15, -0.1) is 0 Å². The van der Waals surface area contributed by atoms with Crippen LogP contribution in [0.15, 0.2) is 61.4 Å². The molecule has 0 aliphatic carbocycles. The average Bonchev–Trinajstić information content (AvgIpc) is 2.87. The highest BCUT2D eigenvalue weighted by molar-refractivity contribution is 5.93. The van der Waals surface area contributed by atoms with Gasteiger partial charge in [-0.2, -0.15) is 0 Å². The molecule has 1 aromatic carbocycles. The molecule has 1 amide bonds. The zero-order chi connectivity index (χ0) is 17.9. The molecule has 0 unspecified atom stereocenters. The molecule has 1 atom stereocenters. The molecule has 0 saturated heterocycles. The molecule has 0 spiro atoms. The Bertz CT molecular complexity index is 916. The number of hydrogen-bond donors (Lipinski definition) is 0. The second-order valence-corrected chi connectivity index (χ2v) is 6.28. The van der Waals surface area contributed by atoms with Crippen LogP contribution in [0.5, 0.6) is 5.75 Å². The third kappa shape index (κ3) is 3.13. The van der Waals surface area contributed by atoms with Gasteiger partial charge < -0.3 is 9.64 Å². The van der Waals surface area contributed by atoms with E-state index in [-0.39, 0.29) is 11.9 Å². The van der Waals surface area contributed by atoms with E-state index in [0.717, 1.165) is 22.4 Å². The highest BCUT2D eigenvalue weighted by Crippen LogP contribution is 2.30. The number of pyridine rings is 1. The number of amides is 1. The van der Waals surface area contributed by atoms with Crippen molar-refractivity contribution in [3.05, 3.63) is 72.6 Å². The number of fused-ring (bicyclic) bond motifs is 1. The first-order valence-electron chi connectivity index (χ1n) is 8.44. The number of rotatable bonds is 2. The van der Waals surface area contributed by atoms with Crippen LogP contribution in [0.4, 0.5) is 0 Å². The second-order valence-electron chi connectivity index (χ2n) is 6.28. The van der Waals surface area contributed by atoms with Gasteiger partial charge in [-0.25, -0.2) is 9.97 Å². The number of aromatic nitrogens is 3. The summed E-state index contributed by atoms with van der Waals surface area (Å²) in [4.78, 5) is 26.8. The number of nitrogens with zero attached hydrogens (tertiary/aromatic N) is 4. The zero-order valence-electron chi connectivity index (χ0n) is 14.4. The molecule has 0 fully saturated rings. The maximum Gasteiger partial charge on any atom is 0.257 e. The van der Waals surface area contributed by atoms with E-state index in [1.54, 1.807) is 23.5 Å². The van der Waals surface area contributed by atoms with Crippen molar-refractivity contribution in [2.75, 3.05) is 6.61 Å². The lowest BCUT2D eigenvalue weighted by Gasteiger charge is -2.26. The summed E-state index contributed by atoms with van der Waals surface area (Å²) in [5, 5.41) is 0. The Hall–Kier alpha value is -3.28. The highest BCUT2D eigenvalue weighted by atomic mass is 16.5. The van der Waals surface area contributed by atoms with Gasteiger partial charge in [0.1, 0.15) is 18.7 Å². The highest BCUT2D eigenvalue weighted by Gasteiger charge is 2.27. The molecule has 2 aromatic heterocycles. The summed E-state index contributed by atoms with van der Waals surface area (Å²) in [6.45, 7) is 2.90. The maximum absolute atomic E-state index is 12.9. The molecule has 1 aliphatic rings. The van der Waals surface area contributed by atoms with Gasteiger partial charge in [-0.1, -0.05) is 12.1 Å². The van der Waals surface area contributed by atoms with Crippen LogP contribution in [-0.2, 0) is 6.54 Å². The summed E-state index contributed by atoms with van der Waals surface area (Å²) in [5.41, 5.74) is 3.53. The Morgan fingerprint density at radius 2 is 1.96 bits per heavy atom. The molecule has 0 N–H and O–H groups in total. The van der Waals surface area contributed by atoms with E-state index in [0.29, 0.717) is 18.7 Å². The number of carbonyl (C=O) groups is 1. The van der Waals surface area contributed by atoms with Gasteiger partial charge in [0.05, 0.1) is 18.2 Å². The molecule has 3 heterocycles. The number of hydrogen-bond acceptors (Lipinski definition) is 5. The normalized spacial score (nSPS) is 16.3. The van der Waals surface area contributed by atoms with Gasteiger partial charge in [-0.3, -0.25) is 9.78 Å². The predicted octanol–water partition coefficient (Wildman–Crippen LogP) is 2.96. The summed E-state index contributed by atoms with van der Waals surface area (Å²) in [6, 6.07) is 9.90. The van der Waals surface area contributed by atoms with Crippen molar-refractivity contribution >= 4 is 5.91 Å². The van der Waals surface area contributed by atoms with Gasteiger partial charge >= 0.3 is 0 Å². The third-order valence-electron chi connectivity index (χ3n) is 4.48. The van der Waals surface area contributed by atoms with E-state index in [1.807, 2.05) is 37.4 Å². The van der Waals surface area contributed by atoms with E-state index in [4.69, 9.17) is 4.74 Å². The third-order valence-corrected chi connectivity index (χ3v) is 4.48. The Kier molecular flexibility index (Phi) is 4.31. The first kappa shape index (κ1) is 16.2. The van der Waals surface area contributed by atoms with Gasteiger partial charge in [0, 0.05) is 35.9 Å². The van der Waals surface area contributed by atoms with Gasteiger partial charge in [-0.05, 0) is 30.7 Å². The average molecular weight is 346 g/mol. The molecule has 6 nitrogen and oxygen atoms in total. The number of carbonyl (C=O) groups excluding carboxylic acids is 1. The fourth-order valence-corrected chi connectivity index (χ4v) is 3.04. The van der Waals surface area contributed by atoms with E-state index < -0.39 is 0 Å². The lowest BCUT2D eigenvalue weighted by Crippen LogP contribution is -2.39. The Morgan fingerprint density at radius 1 is 1.12 bits per heavy atom. The molecule has 1 aliphatic heterocycles. The first-order chi connectivity index (χ1) is 12.7. The van der Waals surface area contributed by atoms with E-state index in [1.165, 1.54) is 6.33 Å². The molecule has 3 aromatic rings. The maximum atomic E-state index is 12.9. The quantitative estimate of drug-likeness (QED) is 0.714. The van der Waals surface area contributed by atoms with Crippen LogP contribution in [0, 0.1) is 0 Å². The minimum absolute atomic E-state index is 0.0584. The van der Waals surface area contributed by atoms with Gasteiger partial charge in [0.2, 0.25) is 0 Å². The Labute approximate surface area is 151 Å². The fourth-order valence-electron chi connectivity index (χ4n) is 3.04. The van der Waals surface area contributed by atoms with Crippen LogP contribution in [0.2, 0.25) is 0 Å². The van der Waals surface area contributed by atoms with Crippen molar-refractivity contribution in [2.45, 2.75) is 19.5 Å². The van der Waals surface area contributed by atoms with Gasteiger partial charge in [0.15, 0.2) is 0 Å². The standard InChI is InChI=1S/C20H18N4O2/c1-14-12-26-19-5-4-15(16-3-2-6-21-8-16)7-17(19)11-24(14)20(25)18-9-22-13-23-10-18/h2-10,13-14H,11-12H2,1H3/t14-/m0/s1. The largest absolute Gasteiger partial charge is 0.491 e. The summed E-state index contributed by atoms with van der Waals surface area (Å²) in [7, 11) is 0. The molecule has 6 heteroatoms. The SMILES string of the molecule is C[C@H]1COc2ccc(-c3cccnc3)cc2CN1C(=O)c1cncnc1. The van der Waals surface area contributed by atoms with Crippen molar-refractivity contribution in [2.24, 2.45) is 0 Å². The summed E-state index contributed by atoms with van der Waals surface area (Å²) >= 11 is 0. The van der Waals surface area contributed by atoms with Crippen LogP contribution in [0.25, 0.3) is 11.1 Å². The van der Waals surface area contributed by atoms with Crippen LogP contribution in [-0.4, -0.2) is 38.4 Å². The van der Waals surface area contributed by atoms with Crippen LogP contribution < -0.4 is 4.74 Å². The minimum atomic E-state index is -0.0960. The summed E-state index contributed by atoms with van der Waals surface area (Å²) < 4.78 is 5.93. The fraction of sp³-hybridized carbons (Fsp3) is 0.200. The Balaban J connectivity index is 1.68. The van der Waals surface area contributed by atoms with Crippen LogP contribution >= 0.6 is 0 Å². The molecule has 0 radical (unpaired) electrons. The molecular weight excluding hydrogens is 328 g/mol. The van der Waals surface area contributed by atoms with E-state index in [9.17, 15) is 4.79 Å². The van der Waals surface area contributed by atoms with Crippen LogP contribution in [0.3, 0.4) is 0 Å². The molecular formula is C20H18N4O2. The second kappa shape index (κ2) is 6.92. The van der Waals surface area contributed by atoms with Crippen molar-refractivity contribution in [3.63, 3.8) is 0 Å². The Morgan fingerprint density at radius 3 is 2.73 bits per heavy atom. The van der Waals surface area contributed by atoms with Crippen molar-refractivity contribution < 1.29 is 9.53 Å². The van der Waals surface area contributed by atoms with Crippen LogP contribution in [0.1, 0.15) is 22.8 Å². The van der Waals surface area contributed by atoms with E-state index >= 15 is 0 Å². The summed E-state index contributed by atoms with van der Waals surface area (Å²) in [6.07, 6.45) is 8.08. The molecule has 130 valence electrons. The minimum Gasteiger partial charge on any atom is -0.491 e. The van der Waals surface area contributed by atoms with Crippen molar-refractivity contribution in [1.29, 1.82) is 0 Å². The summed E-state index contributed by atoms with van der Waals surface area (Å²) in [5.74, 6) is 0.713. The number of benzene rings is 1. The zero-order valence-corrected chi connectivity index (χ0v) is 14.4. The monoisotopic (exact) mass is 346 g/mol. The topological polar surface area (TPSA) is 68.2 Å². The lowest BCUT2D eigenvalue weighted by atomic mass is 10.0. The molecule has 26 heavy (non-hydrogen) atoms. The predicted molar refractivity (Wildman–Crippen MR) is 96.5 cm³/mol. The smallest absolute Gasteiger partial charge is 0.257 e.